The third-order valence-electron chi connectivity index (χ3n) is 4.12. The number of hydrogen-bond acceptors (Lipinski definition) is 3. The highest BCUT2D eigenvalue weighted by Gasteiger charge is 2.24. The summed E-state index contributed by atoms with van der Waals surface area (Å²) in [6.07, 6.45) is 3.44. The number of nitrogens with two attached hydrogens (primary N) is 1. The van der Waals surface area contributed by atoms with Crippen LogP contribution in [0, 0.1) is 0 Å². The van der Waals surface area contributed by atoms with Crippen LogP contribution >= 0.6 is 0 Å². The Labute approximate surface area is 117 Å². The molecule has 1 aliphatic heterocycles. The molecule has 0 saturated carbocycles. The van der Waals surface area contributed by atoms with Crippen molar-refractivity contribution in [2.75, 3.05) is 33.7 Å². The van der Waals surface area contributed by atoms with Crippen LogP contribution in [0.5, 0.6) is 0 Å². The zero-order valence-corrected chi connectivity index (χ0v) is 12.3. The van der Waals surface area contributed by atoms with Crippen LogP contribution in [0.1, 0.15) is 18.4 Å². The van der Waals surface area contributed by atoms with Gasteiger partial charge >= 0.3 is 0 Å². The zero-order chi connectivity index (χ0) is 13.7. The number of benzene rings is 1. The fourth-order valence-electron chi connectivity index (χ4n) is 2.82. The van der Waals surface area contributed by atoms with Gasteiger partial charge in [0.2, 0.25) is 0 Å². The van der Waals surface area contributed by atoms with E-state index >= 15 is 0 Å². The number of likely N-dealkylation sites (tertiary alicyclic amines) is 1. The SMILES string of the molecule is CN(C)C1CCN(CC(N)CCc2ccccc2)C1. The summed E-state index contributed by atoms with van der Waals surface area (Å²) in [6, 6.07) is 11.6. The predicted molar refractivity (Wildman–Crippen MR) is 81.3 cm³/mol. The molecule has 0 amide bonds. The van der Waals surface area contributed by atoms with E-state index in [0.29, 0.717) is 12.1 Å². The topological polar surface area (TPSA) is 32.5 Å². The Morgan fingerprint density at radius 3 is 2.68 bits per heavy atom. The van der Waals surface area contributed by atoms with Crippen LogP contribution in [0.25, 0.3) is 0 Å². The lowest BCUT2D eigenvalue weighted by atomic mass is 10.1. The fraction of sp³-hybridized carbons (Fsp3) is 0.625. The quantitative estimate of drug-likeness (QED) is 0.844. The Bertz CT molecular complexity index is 364. The Morgan fingerprint density at radius 2 is 2.05 bits per heavy atom. The first-order chi connectivity index (χ1) is 9.15. The van der Waals surface area contributed by atoms with Gasteiger partial charge in [-0.25, -0.2) is 0 Å². The van der Waals surface area contributed by atoms with E-state index in [0.717, 1.165) is 19.4 Å². The highest BCUT2D eigenvalue weighted by atomic mass is 15.2. The minimum absolute atomic E-state index is 0.293. The molecule has 1 aliphatic rings. The van der Waals surface area contributed by atoms with Gasteiger partial charge in [-0.1, -0.05) is 30.3 Å². The van der Waals surface area contributed by atoms with Crippen LogP contribution in [-0.4, -0.2) is 55.6 Å². The second-order valence-electron chi connectivity index (χ2n) is 5.95. The molecule has 1 saturated heterocycles. The molecule has 3 heteroatoms. The van der Waals surface area contributed by atoms with Crippen molar-refractivity contribution >= 4 is 0 Å². The molecule has 3 nitrogen and oxygen atoms in total. The monoisotopic (exact) mass is 261 g/mol. The number of rotatable bonds is 6. The van der Waals surface area contributed by atoms with E-state index in [1.165, 1.54) is 25.1 Å². The molecule has 2 N–H and O–H groups in total. The molecular formula is C16H27N3. The summed E-state index contributed by atoms with van der Waals surface area (Å²) in [6.45, 7) is 3.41. The first-order valence-electron chi connectivity index (χ1n) is 7.33. The lowest BCUT2D eigenvalue weighted by Crippen LogP contribution is -2.38. The third-order valence-corrected chi connectivity index (χ3v) is 4.12. The molecule has 1 aromatic rings. The molecule has 2 rings (SSSR count). The van der Waals surface area contributed by atoms with Gasteiger partial charge in [0.1, 0.15) is 0 Å². The Morgan fingerprint density at radius 1 is 1.32 bits per heavy atom. The van der Waals surface area contributed by atoms with Crippen LogP contribution in [0.4, 0.5) is 0 Å². The van der Waals surface area contributed by atoms with E-state index in [2.05, 4.69) is 54.2 Å². The van der Waals surface area contributed by atoms with E-state index in [-0.39, 0.29) is 0 Å². The molecular weight excluding hydrogens is 234 g/mol. The average molecular weight is 261 g/mol. The van der Waals surface area contributed by atoms with Crippen molar-refractivity contribution in [2.24, 2.45) is 5.73 Å². The van der Waals surface area contributed by atoms with Crippen molar-refractivity contribution in [3.05, 3.63) is 35.9 Å². The maximum atomic E-state index is 6.27. The van der Waals surface area contributed by atoms with Crippen LogP contribution in [0.3, 0.4) is 0 Å². The summed E-state index contributed by atoms with van der Waals surface area (Å²) in [7, 11) is 4.34. The average Bonchev–Trinajstić information content (AvgIpc) is 2.86. The van der Waals surface area contributed by atoms with Crippen molar-refractivity contribution in [3.63, 3.8) is 0 Å². The lowest BCUT2D eigenvalue weighted by Gasteiger charge is -2.23. The summed E-state index contributed by atoms with van der Waals surface area (Å²) in [5, 5.41) is 0. The van der Waals surface area contributed by atoms with Crippen molar-refractivity contribution in [1.29, 1.82) is 0 Å². The highest BCUT2D eigenvalue weighted by molar-refractivity contribution is 5.14. The van der Waals surface area contributed by atoms with E-state index in [1.807, 2.05) is 0 Å². The van der Waals surface area contributed by atoms with E-state index in [4.69, 9.17) is 5.73 Å². The van der Waals surface area contributed by atoms with Crippen LogP contribution in [0.2, 0.25) is 0 Å². The second-order valence-corrected chi connectivity index (χ2v) is 5.95. The fourth-order valence-corrected chi connectivity index (χ4v) is 2.82. The van der Waals surface area contributed by atoms with Gasteiger partial charge in [-0.15, -0.1) is 0 Å². The predicted octanol–water partition coefficient (Wildman–Crippen LogP) is 1.58. The molecule has 106 valence electrons. The van der Waals surface area contributed by atoms with Crippen LogP contribution < -0.4 is 5.73 Å². The Kier molecular flexibility index (Phi) is 5.37. The molecule has 1 aromatic carbocycles. The summed E-state index contributed by atoms with van der Waals surface area (Å²) >= 11 is 0. The molecule has 0 aliphatic carbocycles. The lowest BCUT2D eigenvalue weighted by molar-refractivity contribution is 0.257. The maximum Gasteiger partial charge on any atom is 0.0229 e. The molecule has 2 atom stereocenters. The Hall–Kier alpha value is -0.900. The van der Waals surface area contributed by atoms with Gasteiger partial charge in [0.25, 0.3) is 0 Å². The number of likely N-dealkylation sites (N-methyl/N-ethyl adjacent to an activating group) is 1. The Balaban J connectivity index is 1.69. The smallest absolute Gasteiger partial charge is 0.0229 e. The van der Waals surface area contributed by atoms with E-state index in [1.54, 1.807) is 0 Å². The largest absolute Gasteiger partial charge is 0.327 e. The maximum absolute atomic E-state index is 6.27. The van der Waals surface area contributed by atoms with Gasteiger partial charge in [-0.3, -0.25) is 0 Å². The minimum atomic E-state index is 0.293. The van der Waals surface area contributed by atoms with E-state index < -0.39 is 0 Å². The third kappa shape index (κ3) is 4.60. The molecule has 0 spiro atoms. The van der Waals surface area contributed by atoms with Gasteiger partial charge in [0.15, 0.2) is 0 Å². The molecule has 0 aromatic heterocycles. The number of aryl methyl sites for hydroxylation is 1. The first kappa shape index (κ1) is 14.5. The molecule has 1 fully saturated rings. The van der Waals surface area contributed by atoms with Gasteiger partial charge in [-0.2, -0.15) is 0 Å². The minimum Gasteiger partial charge on any atom is -0.327 e. The van der Waals surface area contributed by atoms with Crippen molar-refractivity contribution < 1.29 is 0 Å². The summed E-state index contributed by atoms with van der Waals surface area (Å²) < 4.78 is 0. The van der Waals surface area contributed by atoms with Gasteiger partial charge < -0.3 is 15.5 Å². The van der Waals surface area contributed by atoms with Crippen molar-refractivity contribution in [2.45, 2.75) is 31.3 Å². The number of nitrogens with zero attached hydrogens (tertiary/aromatic N) is 2. The van der Waals surface area contributed by atoms with Gasteiger partial charge in [0, 0.05) is 25.2 Å². The van der Waals surface area contributed by atoms with Crippen LogP contribution in [-0.2, 0) is 6.42 Å². The van der Waals surface area contributed by atoms with Crippen LogP contribution in [0.15, 0.2) is 30.3 Å². The molecule has 0 bridgehead atoms. The zero-order valence-electron chi connectivity index (χ0n) is 12.3. The molecule has 1 heterocycles. The molecule has 19 heavy (non-hydrogen) atoms. The first-order valence-corrected chi connectivity index (χ1v) is 7.33. The highest BCUT2D eigenvalue weighted by Crippen LogP contribution is 2.14. The van der Waals surface area contributed by atoms with Crippen molar-refractivity contribution in [1.82, 2.24) is 9.80 Å². The van der Waals surface area contributed by atoms with E-state index in [9.17, 15) is 0 Å². The summed E-state index contributed by atoms with van der Waals surface area (Å²) in [5.74, 6) is 0. The molecule has 2 unspecified atom stereocenters. The van der Waals surface area contributed by atoms with Crippen molar-refractivity contribution in [3.8, 4) is 0 Å². The van der Waals surface area contributed by atoms with Gasteiger partial charge in [0.05, 0.1) is 0 Å². The summed E-state index contributed by atoms with van der Waals surface area (Å²) in [4.78, 5) is 4.84. The standard InChI is InChI=1S/C16H27N3/c1-18(2)16-10-11-19(13-16)12-15(17)9-8-14-6-4-3-5-7-14/h3-7,15-16H,8-13,17H2,1-2H3. The normalized spacial score (nSPS) is 22.0. The number of hydrogen-bond donors (Lipinski definition) is 1. The second kappa shape index (κ2) is 7.04. The molecule has 0 radical (unpaired) electrons. The van der Waals surface area contributed by atoms with Gasteiger partial charge in [-0.05, 0) is 45.5 Å². The summed E-state index contributed by atoms with van der Waals surface area (Å²) in [5.41, 5.74) is 7.66.